The van der Waals surface area contributed by atoms with Crippen molar-refractivity contribution in [2.75, 3.05) is 17.2 Å². The van der Waals surface area contributed by atoms with E-state index in [1.807, 2.05) is 0 Å². The Kier molecular flexibility index (Phi) is 5.63. The molecule has 0 radical (unpaired) electrons. The summed E-state index contributed by atoms with van der Waals surface area (Å²) in [6.45, 7) is 2.89. The topological polar surface area (TPSA) is 70.2 Å². The Bertz CT molecular complexity index is 809. The van der Waals surface area contributed by atoms with Crippen LogP contribution in [0.25, 0.3) is 0 Å². The fraction of sp³-hybridized carbons (Fsp3) is 0.300. The SMILES string of the molecule is C[C@H]1C[C@@H](C(=O)Nc2cccc(C(=O)Nc3cccc(F)c3)c2)CCN1. The van der Waals surface area contributed by atoms with Gasteiger partial charge in [-0.2, -0.15) is 0 Å². The number of anilines is 2. The Hall–Kier alpha value is -2.73. The lowest BCUT2D eigenvalue weighted by Gasteiger charge is -2.27. The third-order valence-electron chi connectivity index (χ3n) is 4.47. The number of nitrogens with one attached hydrogen (secondary N) is 3. The fourth-order valence-corrected chi connectivity index (χ4v) is 3.12. The summed E-state index contributed by atoms with van der Waals surface area (Å²) < 4.78 is 13.2. The Morgan fingerprint density at radius 3 is 2.54 bits per heavy atom. The quantitative estimate of drug-likeness (QED) is 0.787. The van der Waals surface area contributed by atoms with Crippen LogP contribution in [0.3, 0.4) is 0 Å². The van der Waals surface area contributed by atoms with Gasteiger partial charge in [-0.15, -0.1) is 0 Å². The molecule has 6 heteroatoms. The van der Waals surface area contributed by atoms with Gasteiger partial charge in [0.05, 0.1) is 0 Å². The minimum absolute atomic E-state index is 0.0268. The van der Waals surface area contributed by atoms with E-state index in [4.69, 9.17) is 0 Å². The molecule has 5 nitrogen and oxygen atoms in total. The second kappa shape index (κ2) is 8.10. The molecule has 0 bridgehead atoms. The molecule has 1 fully saturated rings. The second-order valence-electron chi connectivity index (χ2n) is 6.61. The highest BCUT2D eigenvalue weighted by molar-refractivity contribution is 6.05. The molecule has 0 unspecified atom stereocenters. The van der Waals surface area contributed by atoms with Crippen LogP contribution in [-0.2, 0) is 4.79 Å². The van der Waals surface area contributed by atoms with Crippen LogP contribution < -0.4 is 16.0 Å². The van der Waals surface area contributed by atoms with E-state index >= 15 is 0 Å². The van der Waals surface area contributed by atoms with Crippen molar-refractivity contribution in [2.24, 2.45) is 5.92 Å². The number of piperidine rings is 1. The fourth-order valence-electron chi connectivity index (χ4n) is 3.12. The highest BCUT2D eigenvalue weighted by Crippen LogP contribution is 2.20. The molecule has 136 valence electrons. The van der Waals surface area contributed by atoms with Crippen molar-refractivity contribution in [1.29, 1.82) is 0 Å². The predicted molar refractivity (Wildman–Crippen MR) is 99.6 cm³/mol. The Balaban J connectivity index is 1.65. The summed E-state index contributed by atoms with van der Waals surface area (Å²) in [6, 6.07) is 12.8. The van der Waals surface area contributed by atoms with E-state index in [0.29, 0.717) is 23.0 Å². The van der Waals surface area contributed by atoms with Crippen LogP contribution in [0, 0.1) is 11.7 Å². The minimum atomic E-state index is -0.417. The van der Waals surface area contributed by atoms with Gasteiger partial charge in [-0.3, -0.25) is 9.59 Å². The van der Waals surface area contributed by atoms with E-state index in [1.54, 1.807) is 30.3 Å². The van der Waals surface area contributed by atoms with Crippen LogP contribution in [0.1, 0.15) is 30.1 Å². The first-order valence-corrected chi connectivity index (χ1v) is 8.72. The highest BCUT2D eigenvalue weighted by Gasteiger charge is 2.24. The maximum Gasteiger partial charge on any atom is 0.255 e. The van der Waals surface area contributed by atoms with Crippen LogP contribution in [0.15, 0.2) is 48.5 Å². The van der Waals surface area contributed by atoms with Gasteiger partial charge in [0, 0.05) is 28.9 Å². The zero-order valence-electron chi connectivity index (χ0n) is 14.6. The molecule has 3 N–H and O–H groups in total. The molecule has 26 heavy (non-hydrogen) atoms. The first-order valence-electron chi connectivity index (χ1n) is 8.72. The zero-order valence-corrected chi connectivity index (χ0v) is 14.6. The normalized spacial score (nSPS) is 19.6. The number of amides is 2. The molecule has 2 aromatic carbocycles. The maximum atomic E-state index is 13.2. The number of halogens is 1. The zero-order chi connectivity index (χ0) is 18.5. The molecule has 1 aliphatic rings. The number of hydrogen-bond donors (Lipinski definition) is 3. The van der Waals surface area contributed by atoms with Gasteiger partial charge in [-0.05, 0) is 62.7 Å². The van der Waals surface area contributed by atoms with Crippen molar-refractivity contribution < 1.29 is 14.0 Å². The van der Waals surface area contributed by atoms with E-state index in [-0.39, 0.29) is 17.7 Å². The van der Waals surface area contributed by atoms with Crippen molar-refractivity contribution in [1.82, 2.24) is 5.32 Å². The van der Waals surface area contributed by atoms with Gasteiger partial charge in [0.15, 0.2) is 0 Å². The van der Waals surface area contributed by atoms with E-state index in [2.05, 4.69) is 22.9 Å². The number of rotatable bonds is 4. The molecule has 1 heterocycles. The monoisotopic (exact) mass is 355 g/mol. The standard InChI is InChI=1S/C20H22FN3O2/c1-13-10-15(8-9-22-13)20(26)23-17-6-2-4-14(11-17)19(25)24-18-7-3-5-16(21)12-18/h2-7,11-13,15,22H,8-10H2,1H3,(H,23,26)(H,24,25)/t13-,15-/m0/s1. The molecule has 0 aliphatic carbocycles. The van der Waals surface area contributed by atoms with Gasteiger partial charge in [0.1, 0.15) is 5.82 Å². The van der Waals surface area contributed by atoms with Gasteiger partial charge in [0.2, 0.25) is 5.91 Å². The molecule has 0 aromatic heterocycles. The van der Waals surface area contributed by atoms with Crippen molar-refractivity contribution in [3.05, 3.63) is 59.9 Å². The van der Waals surface area contributed by atoms with Crippen LogP contribution in [0.2, 0.25) is 0 Å². The molecule has 2 amide bonds. The third kappa shape index (κ3) is 4.67. The summed E-state index contributed by atoms with van der Waals surface area (Å²) in [6.07, 6.45) is 1.60. The maximum absolute atomic E-state index is 13.2. The van der Waals surface area contributed by atoms with Gasteiger partial charge in [-0.1, -0.05) is 12.1 Å². The first kappa shape index (κ1) is 18.1. The summed E-state index contributed by atoms with van der Waals surface area (Å²) in [4.78, 5) is 24.8. The molecule has 0 saturated carbocycles. The highest BCUT2D eigenvalue weighted by atomic mass is 19.1. The van der Waals surface area contributed by atoms with E-state index < -0.39 is 5.82 Å². The molecular weight excluding hydrogens is 333 g/mol. The summed E-state index contributed by atoms with van der Waals surface area (Å²) in [5.74, 6) is -0.834. The average Bonchev–Trinajstić information content (AvgIpc) is 2.62. The predicted octanol–water partition coefficient (Wildman–Crippen LogP) is 3.40. The lowest BCUT2D eigenvalue weighted by molar-refractivity contribution is -0.120. The Morgan fingerprint density at radius 1 is 1.08 bits per heavy atom. The van der Waals surface area contributed by atoms with Crippen LogP contribution in [0.4, 0.5) is 15.8 Å². The van der Waals surface area contributed by atoms with E-state index in [0.717, 1.165) is 19.4 Å². The van der Waals surface area contributed by atoms with Crippen molar-refractivity contribution in [2.45, 2.75) is 25.8 Å². The largest absolute Gasteiger partial charge is 0.326 e. The lowest BCUT2D eigenvalue weighted by Crippen LogP contribution is -2.40. The average molecular weight is 355 g/mol. The van der Waals surface area contributed by atoms with Crippen molar-refractivity contribution in [3.63, 3.8) is 0 Å². The van der Waals surface area contributed by atoms with Crippen LogP contribution >= 0.6 is 0 Å². The molecular formula is C20H22FN3O2. The van der Waals surface area contributed by atoms with Crippen LogP contribution in [0.5, 0.6) is 0 Å². The summed E-state index contributed by atoms with van der Waals surface area (Å²) in [5, 5.41) is 8.86. The number of carbonyl (C=O) groups is 2. The van der Waals surface area contributed by atoms with E-state index in [1.165, 1.54) is 18.2 Å². The summed E-state index contributed by atoms with van der Waals surface area (Å²) in [5.41, 5.74) is 1.35. The molecule has 3 rings (SSSR count). The van der Waals surface area contributed by atoms with Crippen molar-refractivity contribution >= 4 is 23.2 Å². The van der Waals surface area contributed by atoms with Gasteiger partial charge in [0.25, 0.3) is 5.91 Å². The van der Waals surface area contributed by atoms with Crippen LogP contribution in [-0.4, -0.2) is 24.4 Å². The number of hydrogen-bond acceptors (Lipinski definition) is 3. The van der Waals surface area contributed by atoms with Gasteiger partial charge in [-0.25, -0.2) is 4.39 Å². The Labute approximate surface area is 152 Å². The smallest absolute Gasteiger partial charge is 0.255 e. The Morgan fingerprint density at radius 2 is 1.81 bits per heavy atom. The molecule has 2 atom stereocenters. The molecule has 0 spiro atoms. The summed E-state index contributed by atoms with van der Waals surface area (Å²) >= 11 is 0. The molecule has 1 aliphatic heterocycles. The number of carbonyl (C=O) groups excluding carboxylic acids is 2. The van der Waals surface area contributed by atoms with Gasteiger partial charge >= 0.3 is 0 Å². The summed E-state index contributed by atoms with van der Waals surface area (Å²) in [7, 11) is 0. The van der Waals surface area contributed by atoms with Crippen molar-refractivity contribution in [3.8, 4) is 0 Å². The lowest BCUT2D eigenvalue weighted by atomic mass is 9.92. The first-order chi connectivity index (χ1) is 12.5. The molecule has 2 aromatic rings. The third-order valence-corrected chi connectivity index (χ3v) is 4.47. The number of benzene rings is 2. The second-order valence-corrected chi connectivity index (χ2v) is 6.61. The van der Waals surface area contributed by atoms with E-state index in [9.17, 15) is 14.0 Å². The van der Waals surface area contributed by atoms with Gasteiger partial charge < -0.3 is 16.0 Å². The molecule has 1 saturated heterocycles. The minimum Gasteiger partial charge on any atom is -0.326 e.